The fraction of sp³-hybridized carbons (Fsp3) is 0.450. The number of aryl methyl sites for hydroxylation is 2. The molecule has 1 unspecified atom stereocenters. The standard InChI is InChI=1S/C20H25N3O5S2/c1-4-28-19(25)17-14(3)21-20(29-17)22-18(24)15-6-5-11-23(12-15)30(26,27)16-9-7-13(2)8-10-16/h7-10,15H,4-6,11-12H2,1-3H3,(H,21,22,24). The number of amides is 1. The predicted octanol–water partition coefficient (Wildman–Crippen LogP) is 2.98. The zero-order valence-corrected chi connectivity index (χ0v) is 18.8. The van der Waals surface area contributed by atoms with E-state index in [4.69, 9.17) is 4.74 Å². The Morgan fingerprint density at radius 3 is 2.63 bits per heavy atom. The van der Waals surface area contributed by atoms with Crippen LogP contribution in [0, 0.1) is 19.8 Å². The molecule has 0 saturated carbocycles. The summed E-state index contributed by atoms with van der Waals surface area (Å²) in [5.41, 5.74) is 1.46. The van der Waals surface area contributed by atoms with Gasteiger partial charge < -0.3 is 10.1 Å². The molecule has 1 saturated heterocycles. The molecule has 0 bridgehead atoms. The minimum atomic E-state index is -3.66. The highest BCUT2D eigenvalue weighted by Crippen LogP contribution is 2.27. The van der Waals surface area contributed by atoms with Gasteiger partial charge in [0.1, 0.15) is 4.88 Å². The maximum atomic E-state index is 12.9. The molecule has 1 N–H and O–H groups in total. The zero-order chi connectivity index (χ0) is 21.9. The molecule has 1 aromatic heterocycles. The van der Waals surface area contributed by atoms with Crippen molar-refractivity contribution in [2.45, 2.75) is 38.5 Å². The molecule has 2 heterocycles. The summed E-state index contributed by atoms with van der Waals surface area (Å²) in [7, 11) is -3.66. The highest BCUT2D eigenvalue weighted by molar-refractivity contribution is 7.89. The largest absolute Gasteiger partial charge is 0.462 e. The summed E-state index contributed by atoms with van der Waals surface area (Å²) >= 11 is 1.05. The van der Waals surface area contributed by atoms with Crippen molar-refractivity contribution < 1.29 is 22.7 Å². The lowest BCUT2D eigenvalue weighted by Crippen LogP contribution is -2.43. The van der Waals surface area contributed by atoms with Crippen molar-refractivity contribution in [3.8, 4) is 0 Å². The van der Waals surface area contributed by atoms with Crippen LogP contribution in [0.15, 0.2) is 29.2 Å². The van der Waals surface area contributed by atoms with E-state index >= 15 is 0 Å². The van der Waals surface area contributed by atoms with Gasteiger partial charge in [-0.3, -0.25) is 4.79 Å². The second kappa shape index (κ2) is 9.23. The molecule has 1 aromatic carbocycles. The third-order valence-electron chi connectivity index (χ3n) is 4.90. The van der Waals surface area contributed by atoms with Crippen LogP contribution in [-0.2, 0) is 19.6 Å². The average Bonchev–Trinajstić information content (AvgIpc) is 3.08. The molecule has 162 valence electrons. The Morgan fingerprint density at radius 2 is 1.97 bits per heavy atom. The van der Waals surface area contributed by atoms with Gasteiger partial charge in [0.2, 0.25) is 15.9 Å². The summed E-state index contributed by atoms with van der Waals surface area (Å²) in [4.78, 5) is 29.5. The number of anilines is 1. The number of nitrogens with zero attached hydrogens (tertiary/aromatic N) is 2. The molecule has 1 atom stereocenters. The van der Waals surface area contributed by atoms with Crippen LogP contribution >= 0.6 is 11.3 Å². The van der Waals surface area contributed by atoms with Gasteiger partial charge in [0.15, 0.2) is 5.13 Å². The number of ether oxygens (including phenoxy) is 1. The Hall–Kier alpha value is -2.30. The quantitative estimate of drug-likeness (QED) is 0.677. The molecular formula is C20H25N3O5S2. The van der Waals surface area contributed by atoms with Crippen molar-refractivity contribution in [1.82, 2.24) is 9.29 Å². The van der Waals surface area contributed by atoms with Crippen LogP contribution in [0.1, 0.15) is 40.7 Å². The zero-order valence-electron chi connectivity index (χ0n) is 17.2. The smallest absolute Gasteiger partial charge is 0.350 e. The van der Waals surface area contributed by atoms with E-state index in [-0.39, 0.29) is 24.0 Å². The van der Waals surface area contributed by atoms with Gasteiger partial charge in [-0.15, -0.1) is 0 Å². The number of hydrogen-bond donors (Lipinski definition) is 1. The van der Waals surface area contributed by atoms with Crippen molar-refractivity contribution in [1.29, 1.82) is 0 Å². The fourth-order valence-corrected chi connectivity index (χ4v) is 5.66. The number of hydrogen-bond acceptors (Lipinski definition) is 7. The Morgan fingerprint density at radius 1 is 1.27 bits per heavy atom. The number of nitrogens with one attached hydrogen (secondary N) is 1. The van der Waals surface area contributed by atoms with Crippen LogP contribution in [0.2, 0.25) is 0 Å². The summed E-state index contributed by atoms with van der Waals surface area (Å²) in [6.45, 7) is 6.03. The van der Waals surface area contributed by atoms with Gasteiger partial charge in [-0.25, -0.2) is 18.2 Å². The Balaban J connectivity index is 1.69. The lowest BCUT2D eigenvalue weighted by molar-refractivity contribution is -0.120. The molecule has 1 amide bonds. The number of aromatic nitrogens is 1. The average molecular weight is 452 g/mol. The lowest BCUT2D eigenvalue weighted by atomic mass is 9.99. The van der Waals surface area contributed by atoms with Gasteiger partial charge >= 0.3 is 5.97 Å². The normalized spacial score (nSPS) is 17.5. The Labute approximate surface area is 180 Å². The van der Waals surface area contributed by atoms with Crippen LogP contribution in [0.4, 0.5) is 5.13 Å². The van der Waals surface area contributed by atoms with Crippen LogP contribution in [-0.4, -0.2) is 49.3 Å². The molecule has 30 heavy (non-hydrogen) atoms. The number of carbonyl (C=O) groups excluding carboxylic acids is 2. The number of thiazole rings is 1. The number of carbonyl (C=O) groups is 2. The van der Waals surface area contributed by atoms with Crippen LogP contribution in [0.25, 0.3) is 0 Å². The maximum Gasteiger partial charge on any atom is 0.350 e. The van der Waals surface area contributed by atoms with E-state index in [0.717, 1.165) is 16.9 Å². The topological polar surface area (TPSA) is 106 Å². The summed E-state index contributed by atoms with van der Waals surface area (Å²) in [6.07, 6.45) is 1.18. The third-order valence-corrected chi connectivity index (χ3v) is 7.83. The Kier molecular flexibility index (Phi) is 6.89. The molecule has 1 aliphatic heterocycles. The van der Waals surface area contributed by atoms with Crippen molar-refractivity contribution >= 4 is 38.4 Å². The molecule has 2 aromatic rings. The molecule has 1 fully saturated rings. The highest BCUT2D eigenvalue weighted by Gasteiger charge is 2.33. The van der Waals surface area contributed by atoms with Crippen LogP contribution in [0.3, 0.4) is 0 Å². The van der Waals surface area contributed by atoms with Crippen LogP contribution < -0.4 is 5.32 Å². The molecule has 0 radical (unpaired) electrons. The number of rotatable bonds is 6. The minimum Gasteiger partial charge on any atom is -0.462 e. The second-order valence-electron chi connectivity index (χ2n) is 7.16. The van der Waals surface area contributed by atoms with Gasteiger partial charge in [-0.1, -0.05) is 29.0 Å². The third kappa shape index (κ3) is 4.88. The maximum absolute atomic E-state index is 12.9. The number of sulfonamides is 1. The van der Waals surface area contributed by atoms with E-state index in [1.54, 1.807) is 38.1 Å². The van der Waals surface area contributed by atoms with Crippen molar-refractivity contribution in [2.75, 3.05) is 25.0 Å². The molecule has 3 rings (SSSR count). The fourth-order valence-electron chi connectivity index (χ4n) is 3.28. The molecule has 0 aliphatic carbocycles. The summed E-state index contributed by atoms with van der Waals surface area (Å²) in [5, 5.41) is 3.03. The Bertz CT molecular complexity index is 1030. The number of piperidine rings is 1. The van der Waals surface area contributed by atoms with Crippen molar-refractivity contribution in [2.24, 2.45) is 5.92 Å². The van der Waals surface area contributed by atoms with Gasteiger partial charge in [-0.2, -0.15) is 4.31 Å². The van der Waals surface area contributed by atoms with E-state index < -0.39 is 21.9 Å². The molecular weight excluding hydrogens is 426 g/mol. The second-order valence-corrected chi connectivity index (χ2v) is 10.1. The summed E-state index contributed by atoms with van der Waals surface area (Å²) in [5.74, 6) is -1.27. The SMILES string of the molecule is CCOC(=O)c1sc(NC(=O)C2CCCN(S(=O)(=O)c3ccc(C)cc3)C2)nc1C. The number of benzene rings is 1. The van der Waals surface area contributed by atoms with Gasteiger partial charge in [0.25, 0.3) is 0 Å². The summed E-state index contributed by atoms with van der Waals surface area (Å²) < 4.78 is 32.2. The van der Waals surface area contributed by atoms with Gasteiger partial charge in [0, 0.05) is 13.1 Å². The number of esters is 1. The first kappa shape index (κ1) is 22.4. The molecule has 10 heteroatoms. The van der Waals surface area contributed by atoms with E-state index in [1.165, 1.54) is 4.31 Å². The molecule has 1 aliphatic rings. The van der Waals surface area contributed by atoms with Gasteiger partial charge in [-0.05, 0) is 45.7 Å². The molecule has 0 spiro atoms. The first-order chi connectivity index (χ1) is 14.2. The van der Waals surface area contributed by atoms with E-state index in [0.29, 0.717) is 35.1 Å². The van der Waals surface area contributed by atoms with Crippen molar-refractivity contribution in [3.63, 3.8) is 0 Å². The minimum absolute atomic E-state index is 0.108. The monoisotopic (exact) mass is 451 g/mol. The van der Waals surface area contributed by atoms with Crippen molar-refractivity contribution in [3.05, 3.63) is 40.4 Å². The summed E-state index contributed by atoms with van der Waals surface area (Å²) in [6, 6.07) is 6.69. The molecule has 8 nitrogen and oxygen atoms in total. The van der Waals surface area contributed by atoms with E-state index in [1.807, 2.05) is 6.92 Å². The van der Waals surface area contributed by atoms with Crippen LogP contribution in [0.5, 0.6) is 0 Å². The lowest BCUT2D eigenvalue weighted by Gasteiger charge is -2.31. The highest BCUT2D eigenvalue weighted by atomic mass is 32.2. The first-order valence-electron chi connectivity index (χ1n) is 9.74. The van der Waals surface area contributed by atoms with E-state index in [2.05, 4.69) is 10.3 Å². The predicted molar refractivity (Wildman–Crippen MR) is 114 cm³/mol. The van der Waals surface area contributed by atoms with Gasteiger partial charge in [0.05, 0.1) is 23.1 Å². The van der Waals surface area contributed by atoms with E-state index in [9.17, 15) is 18.0 Å². The first-order valence-corrected chi connectivity index (χ1v) is 12.0.